The standard InChI is InChI=1S/C19H25N5O4/c1-4-13-10-17(25)22-19(20-13)24-16(9-12(2)23-24)21-18(26)11-28-15-8-6-5-7-14(15)27-3/h5-9,13,19-20H,4,10-11H2,1-3H3,(H,21,26)(H,22,25). The number of methoxy groups -OCH3 is 1. The third kappa shape index (κ3) is 4.61. The summed E-state index contributed by atoms with van der Waals surface area (Å²) in [6.07, 6.45) is 0.714. The van der Waals surface area contributed by atoms with Crippen molar-refractivity contribution in [3.05, 3.63) is 36.0 Å². The fourth-order valence-corrected chi connectivity index (χ4v) is 3.02. The molecule has 2 atom stereocenters. The van der Waals surface area contributed by atoms with Crippen LogP contribution in [0.3, 0.4) is 0 Å². The van der Waals surface area contributed by atoms with Crippen molar-refractivity contribution in [1.82, 2.24) is 20.4 Å². The molecule has 2 aromatic rings. The molecule has 150 valence electrons. The van der Waals surface area contributed by atoms with Crippen LogP contribution in [-0.2, 0) is 9.59 Å². The first-order valence-electron chi connectivity index (χ1n) is 9.17. The maximum atomic E-state index is 12.4. The largest absolute Gasteiger partial charge is 0.493 e. The number of hydrogen-bond acceptors (Lipinski definition) is 6. The summed E-state index contributed by atoms with van der Waals surface area (Å²) in [6, 6.07) is 8.91. The molecular formula is C19H25N5O4. The molecule has 3 N–H and O–H groups in total. The number of benzene rings is 1. The molecule has 1 saturated heterocycles. The molecule has 2 amide bonds. The van der Waals surface area contributed by atoms with Crippen LogP contribution in [0.2, 0.25) is 0 Å². The van der Waals surface area contributed by atoms with Gasteiger partial charge in [-0.15, -0.1) is 0 Å². The van der Waals surface area contributed by atoms with E-state index in [0.717, 1.165) is 12.1 Å². The smallest absolute Gasteiger partial charge is 0.263 e. The van der Waals surface area contributed by atoms with Gasteiger partial charge in [-0.05, 0) is 25.5 Å². The highest BCUT2D eigenvalue weighted by molar-refractivity contribution is 5.91. The SMILES string of the molecule is CCC1CC(=O)NC(n2nc(C)cc2NC(=O)COc2ccccc2OC)N1. The predicted molar refractivity (Wildman–Crippen MR) is 103 cm³/mol. The minimum Gasteiger partial charge on any atom is -0.493 e. The Hall–Kier alpha value is -3.07. The third-order valence-corrected chi connectivity index (χ3v) is 4.41. The molecular weight excluding hydrogens is 362 g/mol. The van der Waals surface area contributed by atoms with Crippen molar-refractivity contribution in [3.63, 3.8) is 0 Å². The second kappa shape index (κ2) is 8.75. The highest BCUT2D eigenvalue weighted by Crippen LogP contribution is 2.25. The Morgan fingerprint density at radius 3 is 2.82 bits per heavy atom. The molecule has 3 rings (SSSR count). The lowest BCUT2D eigenvalue weighted by Crippen LogP contribution is -2.53. The molecule has 0 radical (unpaired) electrons. The minimum atomic E-state index is -0.523. The monoisotopic (exact) mass is 387 g/mol. The lowest BCUT2D eigenvalue weighted by molar-refractivity contribution is -0.125. The molecule has 2 unspecified atom stereocenters. The van der Waals surface area contributed by atoms with Gasteiger partial charge < -0.3 is 20.1 Å². The number of aromatic nitrogens is 2. The van der Waals surface area contributed by atoms with E-state index in [1.54, 1.807) is 36.1 Å². The van der Waals surface area contributed by atoms with Crippen LogP contribution >= 0.6 is 0 Å². The highest BCUT2D eigenvalue weighted by atomic mass is 16.5. The molecule has 1 aliphatic heterocycles. The number of aryl methyl sites for hydroxylation is 1. The van der Waals surface area contributed by atoms with Gasteiger partial charge in [-0.25, -0.2) is 4.68 Å². The summed E-state index contributed by atoms with van der Waals surface area (Å²) in [4.78, 5) is 24.4. The number of hydrogen-bond donors (Lipinski definition) is 3. The normalized spacial score (nSPS) is 19.0. The minimum absolute atomic E-state index is 0.0551. The molecule has 0 saturated carbocycles. The van der Waals surface area contributed by atoms with E-state index in [1.165, 1.54) is 0 Å². The van der Waals surface area contributed by atoms with Crippen molar-refractivity contribution in [2.45, 2.75) is 39.0 Å². The van der Waals surface area contributed by atoms with Crippen LogP contribution in [0.1, 0.15) is 31.7 Å². The van der Waals surface area contributed by atoms with Gasteiger partial charge in [0.05, 0.1) is 12.8 Å². The van der Waals surface area contributed by atoms with E-state index in [2.05, 4.69) is 21.0 Å². The second-order valence-electron chi connectivity index (χ2n) is 6.55. The first-order valence-corrected chi connectivity index (χ1v) is 9.17. The fourth-order valence-electron chi connectivity index (χ4n) is 3.02. The third-order valence-electron chi connectivity index (χ3n) is 4.41. The zero-order chi connectivity index (χ0) is 20.1. The van der Waals surface area contributed by atoms with E-state index < -0.39 is 6.29 Å². The van der Waals surface area contributed by atoms with Gasteiger partial charge in [0.15, 0.2) is 24.4 Å². The van der Waals surface area contributed by atoms with Gasteiger partial charge in [0.2, 0.25) is 5.91 Å². The topological polar surface area (TPSA) is 107 Å². The number of para-hydroxylation sites is 2. The number of nitrogens with one attached hydrogen (secondary N) is 3. The lowest BCUT2D eigenvalue weighted by Gasteiger charge is -2.31. The zero-order valence-electron chi connectivity index (χ0n) is 16.2. The van der Waals surface area contributed by atoms with Crippen LogP contribution in [0, 0.1) is 6.92 Å². The predicted octanol–water partition coefficient (Wildman–Crippen LogP) is 1.56. The van der Waals surface area contributed by atoms with Crippen molar-refractivity contribution in [2.75, 3.05) is 19.0 Å². The van der Waals surface area contributed by atoms with Crippen molar-refractivity contribution >= 4 is 17.6 Å². The average molecular weight is 387 g/mol. The number of ether oxygens (including phenoxy) is 2. The van der Waals surface area contributed by atoms with Crippen molar-refractivity contribution in [1.29, 1.82) is 0 Å². The van der Waals surface area contributed by atoms with Crippen molar-refractivity contribution in [3.8, 4) is 11.5 Å². The Morgan fingerprint density at radius 2 is 2.11 bits per heavy atom. The van der Waals surface area contributed by atoms with E-state index >= 15 is 0 Å². The van der Waals surface area contributed by atoms with Crippen molar-refractivity contribution < 1.29 is 19.1 Å². The van der Waals surface area contributed by atoms with E-state index in [0.29, 0.717) is 23.7 Å². The van der Waals surface area contributed by atoms with E-state index in [-0.39, 0.29) is 24.5 Å². The summed E-state index contributed by atoms with van der Waals surface area (Å²) in [5, 5.41) is 13.4. The van der Waals surface area contributed by atoms with Gasteiger partial charge in [0.1, 0.15) is 5.82 Å². The molecule has 1 aromatic carbocycles. The maximum Gasteiger partial charge on any atom is 0.263 e. The van der Waals surface area contributed by atoms with Crippen LogP contribution in [0.15, 0.2) is 30.3 Å². The summed E-state index contributed by atoms with van der Waals surface area (Å²) in [7, 11) is 1.54. The molecule has 1 aliphatic rings. The quantitative estimate of drug-likeness (QED) is 0.666. The molecule has 2 heterocycles. The number of amides is 2. The summed E-state index contributed by atoms with van der Waals surface area (Å²) >= 11 is 0. The molecule has 28 heavy (non-hydrogen) atoms. The van der Waals surface area contributed by atoms with E-state index in [9.17, 15) is 9.59 Å². The van der Waals surface area contributed by atoms with Gasteiger partial charge in [0.25, 0.3) is 5.91 Å². The number of anilines is 1. The highest BCUT2D eigenvalue weighted by Gasteiger charge is 2.28. The van der Waals surface area contributed by atoms with E-state index in [4.69, 9.17) is 9.47 Å². The first kappa shape index (κ1) is 19.7. The molecule has 0 spiro atoms. The lowest BCUT2D eigenvalue weighted by atomic mass is 10.1. The zero-order valence-corrected chi connectivity index (χ0v) is 16.2. The Labute approximate surface area is 163 Å². The van der Waals surface area contributed by atoms with Crippen LogP contribution in [0.5, 0.6) is 11.5 Å². The Bertz CT molecular complexity index is 851. The van der Waals surface area contributed by atoms with Gasteiger partial charge in [0, 0.05) is 18.5 Å². The molecule has 0 aliphatic carbocycles. The van der Waals surface area contributed by atoms with Crippen molar-refractivity contribution in [2.24, 2.45) is 0 Å². The fraction of sp³-hybridized carbons (Fsp3) is 0.421. The summed E-state index contributed by atoms with van der Waals surface area (Å²) in [5.74, 6) is 1.11. The molecule has 1 fully saturated rings. The second-order valence-corrected chi connectivity index (χ2v) is 6.55. The van der Waals surface area contributed by atoms with Crippen LogP contribution in [0.4, 0.5) is 5.82 Å². The molecule has 9 heteroatoms. The van der Waals surface area contributed by atoms with Gasteiger partial charge in [-0.1, -0.05) is 19.1 Å². The Morgan fingerprint density at radius 1 is 1.36 bits per heavy atom. The molecule has 1 aromatic heterocycles. The van der Waals surface area contributed by atoms with Gasteiger partial charge >= 0.3 is 0 Å². The first-order chi connectivity index (χ1) is 13.5. The number of rotatable bonds is 7. The van der Waals surface area contributed by atoms with Gasteiger partial charge in [-0.2, -0.15) is 5.10 Å². The Balaban J connectivity index is 1.67. The van der Waals surface area contributed by atoms with Crippen LogP contribution in [0.25, 0.3) is 0 Å². The van der Waals surface area contributed by atoms with Crippen LogP contribution in [-0.4, -0.2) is 41.4 Å². The number of nitrogens with zero attached hydrogens (tertiary/aromatic N) is 2. The summed E-state index contributed by atoms with van der Waals surface area (Å²) in [5.41, 5.74) is 0.718. The van der Waals surface area contributed by atoms with E-state index in [1.807, 2.05) is 19.9 Å². The number of carbonyl (C=O) groups excluding carboxylic acids is 2. The van der Waals surface area contributed by atoms with Crippen LogP contribution < -0.4 is 25.4 Å². The Kier molecular flexibility index (Phi) is 6.15. The average Bonchev–Trinajstić information content (AvgIpc) is 3.06. The molecule has 9 nitrogen and oxygen atoms in total. The summed E-state index contributed by atoms with van der Waals surface area (Å²) < 4.78 is 12.3. The maximum absolute atomic E-state index is 12.4. The summed E-state index contributed by atoms with van der Waals surface area (Å²) in [6.45, 7) is 3.64. The van der Waals surface area contributed by atoms with Gasteiger partial charge in [-0.3, -0.25) is 14.9 Å². The molecule has 0 bridgehead atoms. The number of carbonyl (C=O) groups is 2.